The standard InChI is InChI=1S/C38H25N3/c1-4-14-26(15-5-1)33-25-34(27-16-6-2-7-17-27)40-38(39-33)41-35-23-13-12-22-31(35)32-24-29-20-10-11-21-30(29)36(37(32)41)28-18-8-3-9-19-28/h1-25H. The molecule has 8 aromatic rings. The zero-order valence-electron chi connectivity index (χ0n) is 22.3. The van der Waals surface area contributed by atoms with Crippen molar-refractivity contribution in [1.29, 1.82) is 0 Å². The van der Waals surface area contributed by atoms with Gasteiger partial charge in [-0.2, -0.15) is 0 Å². The quantitative estimate of drug-likeness (QED) is 0.230. The van der Waals surface area contributed by atoms with E-state index in [-0.39, 0.29) is 0 Å². The number of rotatable bonds is 4. The zero-order valence-corrected chi connectivity index (χ0v) is 22.3. The molecule has 2 aromatic heterocycles. The van der Waals surface area contributed by atoms with E-state index in [9.17, 15) is 0 Å². The van der Waals surface area contributed by atoms with Crippen LogP contribution in [-0.4, -0.2) is 14.5 Å². The highest BCUT2D eigenvalue weighted by Gasteiger charge is 2.21. The van der Waals surface area contributed by atoms with Gasteiger partial charge in [-0.3, -0.25) is 4.57 Å². The van der Waals surface area contributed by atoms with Crippen molar-refractivity contribution in [3.05, 3.63) is 152 Å². The van der Waals surface area contributed by atoms with Crippen LogP contribution in [0.15, 0.2) is 152 Å². The Morgan fingerprint density at radius 1 is 0.415 bits per heavy atom. The summed E-state index contributed by atoms with van der Waals surface area (Å²) in [6, 6.07) is 53.0. The van der Waals surface area contributed by atoms with Crippen LogP contribution in [0.1, 0.15) is 0 Å². The minimum atomic E-state index is 0.656. The first-order chi connectivity index (χ1) is 20.3. The fourth-order valence-electron chi connectivity index (χ4n) is 5.94. The van der Waals surface area contributed by atoms with Crippen LogP contribution in [0.2, 0.25) is 0 Å². The van der Waals surface area contributed by atoms with E-state index in [2.05, 4.69) is 144 Å². The Hall–Kier alpha value is -5.54. The van der Waals surface area contributed by atoms with E-state index in [4.69, 9.17) is 9.97 Å². The molecule has 3 nitrogen and oxygen atoms in total. The maximum Gasteiger partial charge on any atom is 0.235 e. The summed E-state index contributed by atoms with van der Waals surface area (Å²) < 4.78 is 2.26. The fourth-order valence-corrected chi connectivity index (χ4v) is 5.94. The first kappa shape index (κ1) is 23.4. The lowest BCUT2D eigenvalue weighted by Crippen LogP contribution is -2.04. The van der Waals surface area contributed by atoms with Gasteiger partial charge in [0.2, 0.25) is 5.95 Å². The van der Waals surface area contributed by atoms with Crippen LogP contribution in [0.4, 0.5) is 0 Å². The van der Waals surface area contributed by atoms with Crippen molar-refractivity contribution < 1.29 is 0 Å². The molecule has 6 aromatic carbocycles. The molecule has 0 atom stereocenters. The summed E-state index contributed by atoms with van der Waals surface area (Å²) in [7, 11) is 0. The lowest BCUT2D eigenvalue weighted by atomic mass is 9.95. The molecule has 0 saturated carbocycles. The molecule has 0 fully saturated rings. The van der Waals surface area contributed by atoms with Crippen LogP contribution in [0.25, 0.3) is 72.2 Å². The molecule has 3 heteroatoms. The molecule has 2 heterocycles. The topological polar surface area (TPSA) is 30.7 Å². The van der Waals surface area contributed by atoms with Gasteiger partial charge in [-0.15, -0.1) is 0 Å². The van der Waals surface area contributed by atoms with E-state index >= 15 is 0 Å². The third kappa shape index (κ3) is 3.90. The monoisotopic (exact) mass is 523 g/mol. The molecule has 0 N–H and O–H groups in total. The Bertz CT molecular complexity index is 2120. The van der Waals surface area contributed by atoms with E-state index < -0.39 is 0 Å². The molecule has 0 aliphatic heterocycles. The van der Waals surface area contributed by atoms with Gasteiger partial charge in [-0.25, -0.2) is 9.97 Å². The molecular weight excluding hydrogens is 498 g/mol. The number of hydrogen-bond acceptors (Lipinski definition) is 2. The third-order valence-electron chi connectivity index (χ3n) is 7.80. The molecule has 41 heavy (non-hydrogen) atoms. The first-order valence-corrected chi connectivity index (χ1v) is 13.9. The molecular formula is C38H25N3. The summed E-state index contributed by atoms with van der Waals surface area (Å²) in [5.74, 6) is 0.656. The van der Waals surface area contributed by atoms with Gasteiger partial charge in [-0.1, -0.05) is 133 Å². The summed E-state index contributed by atoms with van der Waals surface area (Å²) in [6.45, 7) is 0. The second-order valence-electron chi connectivity index (χ2n) is 10.3. The highest BCUT2D eigenvalue weighted by atomic mass is 15.2. The Morgan fingerprint density at radius 2 is 0.927 bits per heavy atom. The third-order valence-corrected chi connectivity index (χ3v) is 7.80. The van der Waals surface area contributed by atoms with Gasteiger partial charge in [0.1, 0.15) is 0 Å². The number of para-hydroxylation sites is 1. The predicted molar refractivity (Wildman–Crippen MR) is 170 cm³/mol. The van der Waals surface area contributed by atoms with Gasteiger partial charge in [0, 0.05) is 27.5 Å². The molecule has 8 rings (SSSR count). The van der Waals surface area contributed by atoms with E-state index in [1.807, 2.05) is 12.1 Å². The van der Waals surface area contributed by atoms with Crippen molar-refractivity contribution in [3.8, 4) is 39.6 Å². The molecule has 0 aliphatic carbocycles. The van der Waals surface area contributed by atoms with E-state index in [1.165, 1.54) is 32.7 Å². The molecule has 0 bridgehead atoms. The predicted octanol–water partition coefficient (Wildman–Crippen LogP) is 9.73. The van der Waals surface area contributed by atoms with Gasteiger partial charge in [-0.05, 0) is 34.5 Å². The zero-order chi connectivity index (χ0) is 27.2. The van der Waals surface area contributed by atoms with Gasteiger partial charge < -0.3 is 0 Å². The number of fused-ring (bicyclic) bond motifs is 4. The summed E-state index contributed by atoms with van der Waals surface area (Å²) in [4.78, 5) is 10.5. The molecule has 0 saturated heterocycles. The summed E-state index contributed by atoms with van der Waals surface area (Å²) in [5.41, 5.74) is 8.45. The molecule has 0 radical (unpaired) electrons. The van der Waals surface area contributed by atoms with Crippen molar-refractivity contribution in [1.82, 2.24) is 14.5 Å². The Morgan fingerprint density at radius 3 is 1.56 bits per heavy atom. The molecule has 0 amide bonds. The minimum absolute atomic E-state index is 0.656. The number of aromatic nitrogens is 3. The van der Waals surface area contributed by atoms with E-state index in [0.29, 0.717) is 5.95 Å². The maximum absolute atomic E-state index is 5.24. The highest BCUT2D eigenvalue weighted by molar-refractivity contribution is 6.21. The average molecular weight is 524 g/mol. The number of benzene rings is 6. The number of nitrogens with zero attached hydrogens (tertiary/aromatic N) is 3. The molecule has 0 unspecified atom stereocenters. The van der Waals surface area contributed by atoms with E-state index in [0.717, 1.165) is 33.5 Å². The number of hydrogen-bond donors (Lipinski definition) is 0. The fraction of sp³-hybridized carbons (Fsp3) is 0. The second kappa shape index (κ2) is 9.58. The maximum atomic E-state index is 5.24. The van der Waals surface area contributed by atoms with Crippen LogP contribution in [0, 0.1) is 0 Å². The molecule has 192 valence electrons. The van der Waals surface area contributed by atoms with Crippen molar-refractivity contribution >= 4 is 32.6 Å². The van der Waals surface area contributed by atoms with Crippen molar-refractivity contribution in [2.24, 2.45) is 0 Å². The summed E-state index contributed by atoms with van der Waals surface area (Å²) >= 11 is 0. The van der Waals surface area contributed by atoms with Crippen molar-refractivity contribution in [3.63, 3.8) is 0 Å². The first-order valence-electron chi connectivity index (χ1n) is 13.9. The SMILES string of the molecule is c1ccc(-c2cc(-c3ccccc3)nc(-n3c4ccccc4c4cc5ccccc5c(-c5ccccc5)c43)n2)cc1. The van der Waals surface area contributed by atoms with Gasteiger partial charge in [0.05, 0.1) is 22.4 Å². The molecule has 0 aliphatic rings. The largest absolute Gasteiger partial charge is 0.277 e. The van der Waals surface area contributed by atoms with Crippen LogP contribution in [0.3, 0.4) is 0 Å². The van der Waals surface area contributed by atoms with Crippen molar-refractivity contribution in [2.45, 2.75) is 0 Å². The van der Waals surface area contributed by atoms with Crippen LogP contribution in [-0.2, 0) is 0 Å². The van der Waals surface area contributed by atoms with Crippen LogP contribution >= 0.6 is 0 Å². The highest BCUT2D eigenvalue weighted by Crippen LogP contribution is 2.42. The summed E-state index contributed by atoms with van der Waals surface area (Å²) in [5, 5.41) is 4.79. The van der Waals surface area contributed by atoms with E-state index in [1.54, 1.807) is 0 Å². The lowest BCUT2D eigenvalue weighted by molar-refractivity contribution is 0.996. The average Bonchev–Trinajstić information content (AvgIpc) is 3.38. The normalized spacial score (nSPS) is 11.4. The minimum Gasteiger partial charge on any atom is -0.277 e. The Balaban J connectivity index is 1.55. The Kier molecular flexibility index (Phi) is 5.46. The lowest BCUT2D eigenvalue weighted by Gasteiger charge is -2.15. The summed E-state index contributed by atoms with van der Waals surface area (Å²) in [6.07, 6.45) is 0. The van der Waals surface area contributed by atoms with Gasteiger partial charge >= 0.3 is 0 Å². The smallest absolute Gasteiger partial charge is 0.235 e. The van der Waals surface area contributed by atoms with Gasteiger partial charge in [0.15, 0.2) is 0 Å². The second-order valence-corrected chi connectivity index (χ2v) is 10.3. The Labute approximate surface area is 238 Å². The van der Waals surface area contributed by atoms with Crippen molar-refractivity contribution in [2.75, 3.05) is 0 Å². The molecule has 0 spiro atoms. The van der Waals surface area contributed by atoms with Crippen LogP contribution < -0.4 is 0 Å². The van der Waals surface area contributed by atoms with Crippen LogP contribution in [0.5, 0.6) is 0 Å². The van der Waals surface area contributed by atoms with Gasteiger partial charge in [0.25, 0.3) is 0 Å².